The molecule has 0 aromatic carbocycles. The Bertz CT molecular complexity index is 689. The highest BCUT2D eigenvalue weighted by Gasteiger charge is 2.23. The van der Waals surface area contributed by atoms with Crippen LogP contribution in [0.5, 0.6) is 0 Å². The lowest BCUT2D eigenvalue weighted by molar-refractivity contribution is 0.598. The monoisotopic (exact) mass is 315 g/mol. The molecule has 0 saturated carbocycles. The molecule has 7 nitrogen and oxygen atoms in total. The molecule has 0 amide bonds. The van der Waals surface area contributed by atoms with Gasteiger partial charge in [-0.05, 0) is 17.6 Å². The van der Waals surface area contributed by atoms with Crippen molar-refractivity contribution >= 4 is 32.2 Å². The van der Waals surface area contributed by atoms with E-state index in [0.29, 0.717) is 18.0 Å². The molecular weight excluding hydrogens is 298 g/mol. The van der Waals surface area contributed by atoms with Gasteiger partial charge in [0.05, 0.1) is 11.4 Å². The van der Waals surface area contributed by atoms with Gasteiger partial charge >= 0.3 is 0 Å². The van der Waals surface area contributed by atoms with E-state index < -0.39 is 9.84 Å². The van der Waals surface area contributed by atoms with Crippen molar-refractivity contribution in [2.24, 2.45) is 7.05 Å². The van der Waals surface area contributed by atoms with E-state index in [4.69, 9.17) is 5.73 Å². The second-order valence-electron chi connectivity index (χ2n) is 4.29. The van der Waals surface area contributed by atoms with Gasteiger partial charge in [0, 0.05) is 26.2 Å². The molecule has 0 spiro atoms. The molecule has 0 aliphatic heterocycles. The maximum absolute atomic E-state index is 12.0. The summed E-state index contributed by atoms with van der Waals surface area (Å²) in [6.07, 6.45) is 2.57. The number of nitrogens with one attached hydrogen (secondary N) is 1. The van der Waals surface area contributed by atoms with Gasteiger partial charge < -0.3 is 11.1 Å². The van der Waals surface area contributed by atoms with Crippen LogP contribution in [0.4, 0.5) is 10.8 Å². The summed E-state index contributed by atoms with van der Waals surface area (Å²) in [5.74, 6) is 0.0713. The van der Waals surface area contributed by atoms with Crippen molar-refractivity contribution in [3.05, 3.63) is 18.0 Å². The Balaban J connectivity index is 2.07. The summed E-state index contributed by atoms with van der Waals surface area (Å²) in [5, 5.41) is 7.84. The number of aromatic nitrogens is 3. The minimum Gasteiger partial charge on any atom is -0.382 e. The zero-order valence-corrected chi connectivity index (χ0v) is 13.0. The molecule has 110 valence electrons. The fourth-order valence-electron chi connectivity index (χ4n) is 1.75. The van der Waals surface area contributed by atoms with Crippen LogP contribution in [0.2, 0.25) is 0 Å². The van der Waals surface area contributed by atoms with Gasteiger partial charge in [0.2, 0.25) is 0 Å². The first kappa shape index (κ1) is 14.8. The standard InChI is InChI=1S/C11H17N5O2S2/c1-3-20(17,18)9-10(12)15-19-11(9)13-6-4-8-5-7-16(2)14-8/h5,7,13H,3-4,6H2,1-2H3,(H2,12,15). The molecule has 0 saturated heterocycles. The van der Waals surface area contributed by atoms with Gasteiger partial charge in [0.1, 0.15) is 9.90 Å². The molecular formula is C11H17N5O2S2. The van der Waals surface area contributed by atoms with E-state index in [1.54, 1.807) is 11.6 Å². The minimum absolute atomic E-state index is 0.00450. The zero-order valence-electron chi connectivity index (χ0n) is 11.3. The first-order chi connectivity index (χ1) is 9.44. The van der Waals surface area contributed by atoms with Crippen LogP contribution < -0.4 is 11.1 Å². The second kappa shape index (κ2) is 5.80. The van der Waals surface area contributed by atoms with Crippen LogP contribution in [0.15, 0.2) is 17.2 Å². The number of nitrogens with two attached hydrogens (primary N) is 1. The summed E-state index contributed by atoms with van der Waals surface area (Å²) in [5.41, 5.74) is 6.60. The first-order valence-corrected chi connectivity index (χ1v) is 8.57. The topological polar surface area (TPSA) is 103 Å². The van der Waals surface area contributed by atoms with E-state index in [-0.39, 0.29) is 16.5 Å². The average Bonchev–Trinajstić information content (AvgIpc) is 2.96. The average molecular weight is 315 g/mol. The molecule has 3 N–H and O–H groups in total. The lowest BCUT2D eigenvalue weighted by Gasteiger charge is -2.06. The number of nitrogens with zero attached hydrogens (tertiary/aromatic N) is 3. The Hall–Kier alpha value is -1.61. The van der Waals surface area contributed by atoms with E-state index in [0.717, 1.165) is 17.2 Å². The third-order valence-corrected chi connectivity index (χ3v) is 5.54. The first-order valence-electron chi connectivity index (χ1n) is 6.14. The number of hydrogen-bond donors (Lipinski definition) is 2. The number of nitrogen functional groups attached to an aromatic ring is 1. The molecule has 0 atom stereocenters. The van der Waals surface area contributed by atoms with Gasteiger partial charge in [-0.15, -0.1) is 0 Å². The molecule has 2 aromatic heterocycles. The molecule has 0 radical (unpaired) electrons. The molecule has 2 rings (SSSR count). The lowest BCUT2D eigenvalue weighted by atomic mass is 10.3. The largest absolute Gasteiger partial charge is 0.382 e. The molecule has 0 fully saturated rings. The minimum atomic E-state index is -3.37. The lowest BCUT2D eigenvalue weighted by Crippen LogP contribution is -2.11. The van der Waals surface area contributed by atoms with Crippen LogP contribution in [0.3, 0.4) is 0 Å². The molecule has 9 heteroatoms. The van der Waals surface area contributed by atoms with Gasteiger partial charge in [-0.25, -0.2) is 8.42 Å². The van der Waals surface area contributed by atoms with E-state index in [1.165, 1.54) is 0 Å². The SMILES string of the molecule is CCS(=O)(=O)c1c(N)nsc1NCCc1ccn(C)n1. The second-order valence-corrected chi connectivity index (χ2v) is 7.28. The van der Waals surface area contributed by atoms with Crippen LogP contribution in [-0.4, -0.2) is 34.9 Å². The number of hydrogen-bond acceptors (Lipinski definition) is 7. The third-order valence-electron chi connectivity index (χ3n) is 2.80. The van der Waals surface area contributed by atoms with Gasteiger partial charge in [-0.1, -0.05) is 6.92 Å². The maximum Gasteiger partial charge on any atom is 0.184 e. The van der Waals surface area contributed by atoms with E-state index >= 15 is 0 Å². The Kier molecular flexibility index (Phi) is 4.29. The Labute approximate surface area is 121 Å². The highest BCUT2D eigenvalue weighted by Crippen LogP contribution is 2.32. The summed E-state index contributed by atoms with van der Waals surface area (Å²) in [6.45, 7) is 2.16. The Morgan fingerprint density at radius 2 is 2.25 bits per heavy atom. The summed E-state index contributed by atoms with van der Waals surface area (Å²) in [4.78, 5) is 0.117. The third kappa shape index (κ3) is 3.10. The van der Waals surface area contributed by atoms with Gasteiger partial charge in [0.25, 0.3) is 0 Å². The van der Waals surface area contributed by atoms with Crippen molar-refractivity contribution in [2.45, 2.75) is 18.2 Å². The quantitative estimate of drug-likeness (QED) is 0.821. The predicted molar refractivity (Wildman–Crippen MR) is 79.7 cm³/mol. The van der Waals surface area contributed by atoms with Crippen LogP contribution >= 0.6 is 11.5 Å². The van der Waals surface area contributed by atoms with Crippen molar-refractivity contribution in [2.75, 3.05) is 23.3 Å². The Morgan fingerprint density at radius 3 is 2.85 bits per heavy atom. The van der Waals surface area contributed by atoms with Gasteiger partial charge in [-0.3, -0.25) is 4.68 Å². The summed E-state index contributed by atoms with van der Waals surface area (Å²) in [6, 6.07) is 1.92. The van der Waals surface area contributed by atoms with Crippen LogP contribution in [0, 0.1) is 0 Å². The molecule has 0 aliphatic rings. The van der Waals surface area contributed by atoms with Crippen LogP contribution in [0.25, 0.3) is 0 Å². The highest BCUT2D eigenvalue weighted by molar-refractivity contribution is 7.91. The summed E-state index contributed by atoms with van der Waals surface area (Å²) < 4.78 is 29.6. The van der Waals surface area contributed by atoms with Crippen molar-refractivity contribution in [3.8, 4) is 0 Å². The zero-order chi connectivity index (χ0) is 14.8. The maximum atomic E-state index is 12.0. The van der Waals surface area contributed by atoms with E-state index in [9.17, 15) is 8.42 Å². The number of rotatable bonds is 6. The highest BCUT2D eigenvalue weighted by atomic mass is 32.2. The van der Waals surface area contributed by atoms with Crippen LogP contribution in [-0.2, 0) is 23.3 Å². The van der Waals surface area contributed by atoms with Gasteiger partial charge in [-0.2, -0.15) is 9.47 Å². The molecule has 2 aromatic rings. The van der Waals surface area contributed by atoms with Crippen molar-refractivity contribution in [3.63, 3.8) is 0 Å². The van der Waals surface area contributed by atoms with Crippen molar-refractivity contribution < 1.29 is 8.42 Å². The fourth-order valence-corrected chi connectivity index (χ4v) is 3.95. The van der Waals surface area contributed by atoms with E-state index in [2.05, 4.69) is 14.8 Å². The molecule has 0 aliphatic carbocycles. The van der Waals surface area contributed by atoms with E-state index in [1.807, 2.05) is 19.3 Å². The fraction of sp³-hybridized carbons (Fsp3) is 0.455. The smallest absolute Gasteiger partial charge is 0.184 e. The molecule has 0 bridgehead atoms. The summed E-state index contributed by atoms with van der Waals surface area (Å²) >= 11 is 1.07. The number of aryl methyl sites for hydroxylation is 1. The molecule has 2 heterocycles. The van der Waals surface area contributed by atoms with Crippen LogP contribution in [0.1, 0.15) is 12.6 Å². The molecule has 0 unspecified atom stereocenters. The Morgan fingerprint density at radius 1 is 1.50 bits per heavy atom. The number of sulfone groups is 1. The van der Waals surface area contributed by atoms with Crippen molar-refractivity contribution in [1.29, 1.82) is 0 Å². The number of anilines is 2. The predicted octanol–water partition coefficient (Wildman–Crippen LogP) is 0.907. The summed E-state index contributed by atoms with van der Waals surface area (Å²) in [7, 11) is -1.51. The molecule has 20 heavy (non-hydrogen) atoms. The van der Waals surface area contributed by atoms with Gasteiger partial charge in [0.15, 0.2) is 15.7 Å². The normalized spacial score (nSPS) is 11.7. The van der Waals surface area contributed by atoms with Crippen molar-refractivity contribution in [1.82, 2.24) is 14.2 Å².